The third-order valence-electron chi connectivity index (χ3n) is 4.09. The summed E-state index contributed by atoms with van der Waals surface area (Å²) in [6.07, 6.45) is 2.85. The summed E-state index contributed by atoms with van der Waals surface area (Å²) in [6, 6.07) is 10.6. The Bertz CT molecular complexity index is 692. The maximum absolute atomic E-state index is 9.49. The van der Waals surface area contributed by atoms with E-state index >= 15 is 0 Å². The lowest BCUT2D eigenvalue weighted by Crippen LogP contribution is -2.49. The summed E-state index contributed by atoms with van der Waals surface area (Å²) in [6.45, 7) is 5.75. The zero-order chi connectivity index (χ0) is 14.8. The minimum atomic E-state index is 0.172. The fourth-order valence-electron chi connectivity index (χ4n) is 2.97. The molecule has 3 rings (SSSR count). The van der Waals surface area contributed by atoms with Gasteiger partial charge < -0.3 is 9.64 Å². The second kappa shape index (κ2) is 5.71. The van der Waals surface area contributed by atoms with E-state index in [-0.39, 0.29) is 6.10 Å². The number of ether oxygens (including phenoxy) is 1. The third-order valence-corrected chi connectivity index (χ3v) is 4.09. The summed E-state index contributed by atoms with van der Waals surface area (Å²) in [5, 5.41) is 10.5. The lowest BCUT2D eigenvalue weighted by molar-refractivity contribution is 0.0300. The SMILES string of the molecule is CCC1COC(C)CN1c1c(C#N)cnc2ccccc12. The van der Waals surface area contributed by atoms with Gasteiger partial charge in [-0.25, -0.2) is 0 Å². The Morgan fingerprint density at radius 1 is 1.43 bits per heavy atom. The van der Waals surface area contributed by atoms with E-state index < -0.39 is 0 Å². The molecule has 21 heavy (non-hydrogen) atoms. The lowest BCUT2D eigenvalue weighted by atomic mass is 10.0. The van der Waals surface area contributed by atoms with Crippen molar-refractivity contribution in [1.82, 2.24) is 4.98 Å². The number of nitrogens with zero attached hydrogens (tertiary/aromatic N) is 3. The van der Waals surface area contributed by atoms with Crippen LogP contribution in [0.15, 0.2) is 30.5 Å². The highest BCUT2D eigenvalue weighted by Gasteiger charge is 2.28. The molecule has 1 aromatic heterocycles. The van der Waals surface area contributed by atoms with Crippen LogP contribution in [0, 0.1) is 11.3 Å². The quantitative estimate of drug-likeness (QED) is 0.848. The number of rotatable bonds is 2. The first-order valence-electron chi connectivity index (χ1n) is 7.40. The van der Waals surface area contributed by atoms with Gasteiger partial charge in [0.1, 0.15) is 6.07 Å². The fourth-order valence-corrected chi connectivity index (χ4v) is 2.97. The van der Waals surface area contributed by atoms with Gasteiger partial charge in [-0.2, -0.15) is 5.26 Å². The smallest absolute Gasteiger partial charge is 0.103 e. The number of hydrogen-bond acceptors (Lipinski definition) is 4. The molecule has 2 atom stereocenters. The van der Waals surface area contributed by atoms with Crippen LogP contribution in [0.25, 0.3) is 10.9 Å². The molecule has 1 aliphatic rings. The molecule has 2 aromatic rings. The van der Waals surface area contributed by atoms with Crippen molar-refractivity contribution in [2.45, 2.75) is 32.4 Å². The van der Waals surface area contributed by atoms with Crippen LogP contribution in [0.1, 0.15) is 25.8 Å². The summed E-state index contributed by atoms with van der Waals surface area (Å²) in [7, 11) is 0. The number of fused-ring (bicyclic) bond motifs is 1. The van der Waals surface area contributed by atoms with Gasteiger partial charge in [0, 0.05) is 18.1 Å². The monoisotopic (exact) mass is 281 g/mol. The molecule has 1 aromatic carbocycles. The number of benzene rings is 1. The van der Waals surface area contributed by atoms with Crippen LogP contribution in [-0.4, -0.2) is 30.3 Å². The predicted octanol–water partition coefficient (Wildman–Crippen LogP) is 3.11. The number of pyridine rings is 1. The zero-order valence-corrected chi connectivity index (χ0v) is 12.4. The Morgan fingerprint density at radius 2 is 2.24 bits per heavy atom. The Morgan fingerprint density at radius 3 is 3.00 bits per heavy atom. The van der Waals surface area contributed by atoms with Gasteiger partial charge in [-0.1, -0.05) is 25.1 Å². The van der Waals surface area contributed by atoms with Gasteiger partial charge in [-0.15, -0.1) is 0 Å². The Hall–Kier alpha value is -2.12. The first-order chi connectivity index (χ1) is 10.2. The molecular formula is C17H19N3O. The first-order valence-corrected chi connectivity index (χ1v) is 7.40. The second-order valence-electron chi connectivity index (χ2n) is 5.51. The highest BCUT2D eigenvalue weighted by molar-refractivity contribution is 5.94. The van der Waals surface area contributed by atoms with Gasteiger partial charge in [0.05, 0.1) is 35.5 Å². The maximum atomic E-state index is 9.49. The van der Waals surface area contributed by atoms with Crippen molar-refractivity contribution in [2.24, 2.45) is 0 Å². The number of morpholine rings is 1. The second-order valence-corrected chi connectivity index (χ2v) is 5.51. The first kappa shape index (κ1) is 13.8. The number of aromatic nitrogens is 1. The van der Waals surface area contributed by atoms with Crippen LogP contribution >= 0.6 is 0 Å². The molecule has 0 amide bonds. The summed E-state index contributed by atoms with van der Waals surface area (Å²) < 4.78 is 5.78. The van der Waals surface area contributed by atoms with Crippen LogP contribution < -0.4 is 4.90 Å². The summed E-state index contributed by atoms with van der Waals surface area (Å²) in [4.78, 5) is 6.73. The minimum absolute atomic E-state index is 0.172. The van der Waals surface area contributed by atoms with E-state index in [2.05, 4.69) is 29.8 Å². The molecule has 0 N–H and O–H groups in total. The fraction of sp³-hybridized carbons (Fsp3) is 0.412. The van der Waals surface area contributed by atoms with Crippen molar-refractivity contribution >= 4 is 16.6 Å². The van der Waals surface area contributed by atoms with Gasteiger partial charge in [0.25, 0.3) is 0 Å². The van der Waals surface area contributed by atoms with Crippen LogP contribution in [0.5, 0.6) is 0 Å². The van der Waals surface area contributed by atoms with Crippen molar-refractivity contribution in [1.29, 1.82) is 5.26 Å². The van der Waals surface area contributed by atoms with Crippen molar-refractivity contribution in [3.63, 3.8) is 0 Å². The highest BCUT2D eigenvalue weighted by Crippen LogP contribution is 2.33. The van der Waals surface area contributed by atoms with Crippen molar-refractivity contribution < 1.29 is 4.74 Å². The molecule has 1 saturated heterocycles. The van der Waals surface area contributed by atoms with Crippen molar-refractivity contribution in [3.05, 3.63) is 36.0 Å². The molecular weight excluding hydrogens is 262 g/mol. The van der Waals surface area contributed by atoms with Gasteiger partial charge in [-0.05, 0) is 19.4 Å². The van der Waals surface area contributed by atoms with Crippen LogP contribution in [-0.2, 0) is 4.74 Å². The average molecular weight is 281 g/mol. The van der Waals surface area contributed by atoms with Crippen LogP contribution in [0.3, 0.4) is 0 Å². The normalized spacial score (nSPS) is 22.2. The number of nitriles is 1. The molecule has 1 aliphatic heterocycles. The summed E-state index contributed by atoms with van der Waals surface area (Å²) >= 11 is 0. The topological polar surface area (TPSA) is 49.1 Å². The van der Waals surface area contributed by atoms with E-state index in [4.69, 9.17) is 4.74 Å². The Kier molecular flexibility index (Phi) is 3.76. The largest absolute Gasteiger partial charge is 0.375 e. The molecule has 1 fully saturated rings. The molecule has 0 aliphatic carbocycles. The number of anilines is 1. The number of hydrogen-bond donors (Lipinski definition) is 0. The standard InChI is InChI=1S/C17H19N3O/c1-3-14-11-21-12(2)10-20(14)17-13(8-18)9-19-16-7-5-4-6-15(16)17/h4-7,9,12,14H,3,10-11H2,1-2H3. The molecule has 2 unspecified atom stereocenters. The summed E-state index contributed by atoms with van der Waals surface area (Å²) in [5.74, 6) is 0. The number of para-hydroxylation sites is 1. The molecule has 4 heteroatoms. The average Bonchev–Trinajstić information content (AvgIpc) is 2.53. The Labute approximate surface area is 125 Å². The summed E-state index contributed by atoms with van der Waals surface area (Å²) in [5.41, 5.74) is 2.58. The molecule has 0 spiro atoms. The van der Waals surface area contributed by atoms with Gasteiger partial charge in [0.15, 0.2) is 0 Å². The van der Waals surface area contributed by atoms with E-state index in [0.29, 0.717) is 18.2 Å². The molecule has 0 bridgehead atoms. The minimum Gasteiger partial charge on any atom is -0.375 e. The van der Waals surface area contributed by atoms with Gasteiger partial charge in [0.2, 0.25) is 0 Å². The predicted molar refractivity (Wildman–Crippen MR) is 83.3 cm³/mol. The van der Waals surface area contributed by atoms with E-state index in [1.165, 1.54) is 0 Å². The van der Waals surface area contributed by atoms with E-state index in [1.54, 1.807) is 6.20 Å². The highest BCUT2D eigenvalue weighted by atomic mass is 16.5. The molecule has 108 valence electrons. The zero-order valence-electron chi connectivity index (χ0n) is 12.4. The third kappa shape index (κ3) is 2.45. The van der Waals surface area contributed by atoms with E-state index in [1.807, 2.05) is 24.3 Å². The van der Waals surface area contributed by atoms with Crippen molar-refractivity contribution in [2.75, 3.05) is 18.1 Å². The lowest BCUT2D eigenvalue weighted by Gasteiger charge is -2.40. The Balaban J connectivity index is 2.19. The van der Waals surface area contributed by atoms with Gasteiger partial charge >= 0.3 is 0 Å². The van der Waals surface area contributed by atoms with Crippen LogP contribution in [0.4, 0.5) is 5.69 Å². The maximum Gasteiger partial charge on any atom is 0.103 e. The molecule has 2 heterocycles. The van der Waals surface area contributed by atoms with E-state index in [0.717, 1.165) is 29.6 Å². The van der Waals surface area contributed by atoms with Gasteiger partial charge in [-0.3, -0.25) is 4.98 Å². The molecule has 0 saturated carbocycles. The molecule has 0 radical (unpaired) electrons. The van der Waals surface area contributed by atoms with Crippen molar-refractivity contribution in [3.8, 4) is 6.07 Å². The van der Waals surface area contributed by atoms with E-state index in [9.17, 15) is 5.26 Å². The van der Waals surface area contributed by atoms with Crippen LogP contribution in [0.2, 0.25) is 0 Å². The molecule has 4 nitrogen and oxygen atoms in total.